The van der Waals surface area contributed by atoms with E-state index in [1.54, 1.807) is 4.31 Å². The molecule has 0 saturated carbocycles. The maximum atomic E-state index is 12.9. The normalized spacial score (nSPS) is 24.7. The van der Waals surface area contributed by atoms with E-state index in [1.165, 1.54) is 4.31 Å². The number of aromatic nitrogens is 2. The average Bonchev–Trinajstić information content (AvgIpc) is 2.97. The van der Waals surface area contributed by atoms with Crippen LogP contribution in [-0.2, 0) is 14.9 Å². The standard InChI is InChI=1S/C14H22N4O3S/c1-11-10-12(2)16-14(15-11)13-4-3-5-18(13)22(19,20)17-6-8-21-9-7-17/h10,13H,3-9H2,1-2H3/t13-/m1/s1. The molecular formula is C14H22N4O3S. The third-order valence-electron chi connectivity index (χ3n) is 4.09. The summed E-state index contributed by atoms with van der Waals surface area (Å²) in [5.74, 6) is 0.617. The molecule has 8 heteroatoms. The molecule has 1 aromatic rings. The summed E-state index contributed by atoms with van der Waals surface area (Å²) in [5.41, 5.74) is 1.75. The summed E-state index contributed by atoms with van der Waals surface area (Å²) >= 11 is 0. The van der Waals surface area contributed by atoms with Crippen molar-refractivity contribution in [2.24, 2.45) is 0 Å². The molecule has 2 aliphatic rings. The quantitative estimate of drug-likeness (QED) is 0.821. The minimum Gasteiger partial charge on any atom is -0.379 e. The van der Waals surface area contributed by atoms with Gasteiger partial charge >= 0.3 is 0 Å². The predicted molar refractivity (Wildman–Crippen MR) is 81.5 cm³/mol. The van der Waals surface area contributed by atoms with Crippen LogP contribution in [0.1, 0.15) is 36.1 Å². The Morgan fingerprint density at radius 2 is 1.77 bits per heavy atom. The van der Waals surface area contributed by atoms with Crippen molar-refractivity contribution in [3.05, 3.63) is 23.3 Å². The Hall–Kier alpha value is -1.09. The third kappa shape index (κ3) is 3.01. The molecule has 0 radical (unpaired) electrons. The first-order valence-electron chi connectivity index (χ1n) is 7.65. The molecule has 7 nitrogen and oxygen atoms in total. The van der Waals surface area contributed by atoms with Gasteiger partial charge in [0.15, 0.2) is 0 Å². The molecule has 0 N–H and O–H groups in total. The van der Waals surface area contributed by atoms with Gasteiger partial charge in [0.25, 0.3) is 10.2 Å². The number of nitrogens with zero attached hydrogens (tertiary/aromatic N) is 4. The van der Waals surface area contributed by atoms with E-state index in [1.807, 2.05) is 19.9 Å². The van der Waals surface area contributed by atoms with Gasteiger partial charge in [-0.3, -0.25) is 0 Å². The Morgan fingerprint density at radius 3 is 2.41 bits per heavy atom. The zero-order chi connectivity index (χ0) is 15.7. The van der Waals surface area contributed by atoms with E-state index in [2.05, 4.69) is 9.97 Å². The van der Waals surface area contributed by atoms with Gasteiger partial charge in [-0.05, 0) is 32.8 Å². The van der Waals surface area contributed by atoms with Crippen LogP contribution in [0.4, 0.5) is 0 Å². The van der Waals surface area contributed by atoms with Crippen LogP contribution in [-0.4, -0.2) is 59.8 Å². The Balaban J connectivity index is 1.89. The van der Waals surface area contributed by atoms with Gasteiger partial charge in [-0.15, -0.1) is 0 Å². The van der Waals surface area contributed by atoms with E-state index in [0.29, 0.717) is 38.7 Å². The Bertz CT molecular complexity index is 623. The molecule has 122 valence electrons. The summed E-state index contributed by atoms with van der Waals surface area (Å²) in [4.78, 5) is 8.93. The molecule has 0 bridgehead atoms. The summed E-state index contributed by atoms with van der Waals surface area (Å²) < 4.78 is 34.1. The smallest absolute Gasteiger partial charge is 0.282 e. The monoisotopic (exact) mass is 326 g/mol. The van der Waals surface area contributed by atoms with E-state index in [9.17, 15) is 8.42 Å². The summed E-state index contributed by atoms with van der Waals surface area (Å²) in [7, 11) is -3.48. The summed E-state index contributed by atoms with van der Waals surface area (Å²) in [6.07, 6.45) is 1.61. The van der Waals surface area contributed by atoms with E-state index < -0.39 is 10.2 Å². The van der Waals surface area contributed by atoms with Gasteiger partial charge in [-0.2, -0.15) is 17.0 Å². The molecule has 2 fully saturated rings. The molecule has 2 saturated heterocycles. The highest BCUT2D eigenvalue weighted by molar-refractivity contribution is 7.86. The Labute approximate surface area is 131 Å². The fourth-order valence-corrected chi connectivity index (χ4v) is 4.89. The molecule has 0 aliphatic carbocycles. The number of ether oxygens (including phenoxy) is 1. The van der Waals surface area contributed by atoms with Gasteiger partial charge in [0.2, 0.25) is 0 Å². The van der Waals surface area contributed by atoms with Crippen LogP contribution in [0.5, 0.6) is 0 Å². The van der Waals surface area contributed by atoms with Crippen molar-refractivity contribution in [3.63, 3.8) is 0 Å². The highest BCUT2D eigenvalue weighted by Crippen LogP contribution is 2.33. The second-order valence-electron chi connectivity index (χ2n) is 5.80. The van der Waals surface area contributed by atoms with Gasteiger partial charge < -0.3 is 4.74 Å². The molecule has 1 aromatic heterocycles. The molecule has 0 unspecified atom stereocenters. The summed E-state index contributed by atoms with van der Waals surface area (Å²) in [5, 5.41) is 0. The third-order valence-corrected chi connectivity index (χ3v) is 6.14. The number of morpholine rings is 1. The lowest BCUT2D eigenvalue weighted by Gasteiger charge is -2.32. The second-order valence-corrected chi connectivity index (χ2v) is 7.68. The van der Waals surface area contributed by atoms with Gasteiger partial charge in [-0.1, -0.05) is 0 Å². The molecule has 3 heterocycles. The molecular weight excluding hydrogens is 304 g/mol. The van der Waals surface area contributed by atoms with Crippen molar-refractivity contribution in [1.29, 1.82) is 0 Å². The van der Waals surface area contributed by atoms with Crippen molar-refractivity contribution >= 4 is 10.2 Å². The highest BCUT2D eigenvalue weighted by Gasteiger charge is 2.40. The van der Waals surface area contributed by atoms with Gasteiger partial charge in [0.05, 0.1) is 19.3 Å². The first kappa shape index (κ1) is 15.8. The van der Waals surface area contributed by atoms with Gasteiger partial charge in [0.1, 0.15) is 5.82 Å². The number of rotatable bonds is 3. The van der Waals surface area contributed by atoms with Crippen LogP contribution < -0.4 is 0 Å². The van der Waals surface area contributed by atoms with Crippen molar-refractivity contribution in [1.82, 2.24) is 18.6 Å². The van der Waals surface area contributed by atoms with Crippen molar-refractivity contribution in [3.8, 4) is 0 Å². The zero-order valence-corrected chi connectivity index (χ0v) is 13.8. The first-order chi connectivity index (χ1) is 10.5. The molecule has 0 spiro atoms. The van der Waals surface area contributed by atoms with E-state index in [0.717, 1.165) is 24.2 Å². The Morgan fingerprint density at radius 1 is 1.14 bits per heavy atom. The van der Waals surface area contributed by atoms with Gasteiger partial charge in [-0.25, -0.2) is 9.97 Å². The maximum Gasteiger partial charge on any atom is 0.282 e. The van der Waals surface area contributed by atoms with Gasteiger partial charge in [0, 0.05) is 31.0 Å². The lowest BCUT2D eigenvalue weighted by Crippen LogP contribution is -2.48. The first-order valence-corrected chi connectivity index (χ1v) is 9.05. The fraction of sp³-hybridized carbons (Fsp3) is 0.714. The molecule has 3 rings (SSSR count). The highest BCUT2D eigenvalue weighted by atomic mass is 32.2. The van der Waals surface area contributed by atoms with E-state index in [-0.39, 0.29) is 6.04 Å². The van der Waals surface area contributed by atoms with Crippen LogP contribution in [0.2, 0.25) is 0 Å². The molecule has 0 aromatic carbocycles. The second kappa shape index (κ2) is 6.19. The van der Waals surface area contributed by atoms with Crippen molar-refractivity contribution < 1.29 is 13.2 Å². The summed E-state index contributed by atoms with van der Waals surface area (Å²) in [6.45, 7) is 6.09. The lowest BCUT2D eigenvalue weighted by molar-refractivity contribution is 0.0698. The predicted octanol–water partition coefficient (Wildman–Crippen LogP) is 0.807. The molecule has 22 heavy (non-hydrogen) atoms. The van der Waals surface area contributed by atoms with Crippen LogP contribution in [0.15, 0.2) is 6.07 Å². The maximum absolute atomic E-state index is 12.9. The Kier molecular flexibility index (Phi) is 4.44. The molecule has 0 amide bonds. The largest absolute Gasteiger partial charge is 0.379 e. The number of hydrogen-bond donors (Lipinski definition) is 0. The average molecular weight is 326 g/mol. The number of hydrogen-bond acceptors (Lipinski definition) is 5. The zero-order valence-electron chi connectivity index (χ0n) is 13.0. The number of aryl methyl sites for hydroxylation is 2. The van der Waals surface area contributed by atoms with Crippen molar-refractivity contribution in [2.45, 2.75) is 32.7 Å². The SMILES string of the molecule is Cc1cc(C)nc([C@H]2CCCN2S(=O)(=O)N2CCOCC2)n1. The molecule has 1 atom stereocenters. The topological polar surface area (TPSA) is 75.6 Å². The van der Waals surface area contributed by atoms with Crippen LogP contribution in [0, 0.1) is 13.8 Å². The molecule has 2 aliphatic heterocycles. The van der Waals surface area contributed by atoms with E-state index >= 15 is 0 Å². The van der Waals surface area contributed by atoms with E-state index in [4.69, 9.17) is 4.74 Å². The fourth-order valence-electron chi connectivity index (χ4n) is 3.10. The summed E-state index contributed by atoms with van der Waals surface area (Å²) in [6, 6.07) is 1.64. The van der Waals surface area contributed by atoms with Crippen LogP contribution in [0.3, 0.4) is 0 Å². The van der Waals surface area contributed by atoms with Crippen molar-refractivity contribution in [2.75, 3.05) is 32.8 Å². The minimum atomic E-state index is -3.48. The minimum absolute atomic E-state index is 0.258. The van der Waals surface area contributed by atoms with Crippen LogP contribution >= 0.6 is 0 Å². The van der Waals surface area contributed by atoms with Crippen LogP contribution in [0.25, 0.3) is 0 Å². The lowest BCUT2D eigenvalue weighted by atomic mass is 10.2.